The molecule has 0 aliphatic heterocycles. The van der Waals surface area contributed by atoms with Crippen LogP contribution in [0.4, 0.5) is 0 Å². The van der Waals surface area contributed by atoms with Gasteiger partial charge in [-0.3, -0.25) is 4.98 Å². The van der Waals surface area contributed by atoms with Gasteiger partial charge in [0.2, 0.25) is 0 Å². The first kappa shape index (κ1) is 13.3. The van der Waals surface area contributed by atoms with Crippen molar-refractivity contribution < 1.29 is 17.0 Å². The minimum atomic E-state index is 0. The Kier molecular flexibility index (Phi) is 6.00. The van der Waals surface area contributed by atoms with Crippen molar-refractivity contribution in [2.45, 2.75) is 26.2 Å². The zero-order valence-electron chi connectivity index (χ0n) is 7.89. The molecular weight excluding hydrogens is 238 g/mol. The van der Waals surface area contributed by atoms with E-state index in [2.05, 4.69) is 24.4 Å². The molecule has 3 heteroatoms. The molecule has 0 fully saturated rings. The van der Waals surface area contributed by atoms with E-state index in [1.165, 1.54) is 36.1 Å². The second kappa shape index (κ2) is 5.88. The van der Waals surface area contributed by atoms with Gasteiger partial charge >= 0.3 is 23.1 Å². The molecule has 0 bridgehead atoms. The first-order valence-electron chi connectivity index (χ1n) is 4.15. The van der Waals surface area contributed by atoms with Crippen LogP contribution in [0.3, 0.4) is 0 Å². The number of rotatable bonds is 0. The number of aryl methyl sites for hydroxylation is 2. The number of nitrogens with zero attached hydrogens (tertiary/aromatic N) is 1. The van der Waals surface area contributed by atoms with Gasteiger partial charge in [0.25, 0.3) is 0 Å². The van der Waals surface area contributed by atoms with E-state index in [1.807, 2.05) is 6.20 Å². The van der Waals surface area contributed by atoms with Crippen LogP contribution in [-0.4, -0.2) is 28.0 Å². The standard InChI is InChI=1S/C10H12N.BrH.Mg/c1-8-6-9-4-2-3-5-10(9)11-7-8;;/h5-7H,2-4H2,1H3;1H;/q-1;;+2/p-1. The summed E-state index contributed by atoms with van der Waals surface area (Å²) < 4.78 is 0. The maximum Gasteiger partial charge on any atom is 2.00 e. The fourth-order valence-electron chi connectivity index (χ4n) is 1.56. The van der Waals surface area contributed by atoms with Crippen LogP contribution in [0.25, 0.3) is 0 Å². The average molecular weight is 250 g/mol. The molecule has 1 aliphatic carbocycles. The molecule has 13 heavy (non-hydrogen) atoms. The minimum Gasteiger partial charge on any atom is -1.00 e. The molecule has 0 radical (unpaired) electrons. The van der Waals surface area contributed by atoms with E-state index in [1.54, 1.807) is 0 Å². The summed E-state index contributed by atoms with van der Waals surface area (Å²) in [5.41, 5.74) is 3.91. The van der Waals surface area contributed by atoms with Gasteiger partial charge in [0, 0.05) is 6.20 Å². The molecule has 1 aliphatic rings. The summed E-state index contributed by atoms with van der Waals surface area (Å²) in [5.74, 6) is 0. The Morgan fingerprint density at radius 3 is 3.00 bits per heavy atom. The topological polar surface area (TPSA) is 12.9 Å². The van der Waals surface area contributed by atoms with Gasteiger partial charge in [-0.1, -0.05) is 24.1 Å². The summed E-state index contributed by atoms with van der Waals surface area (Å²) in [5, 5.41) is 0. The van der Waals surface area contributed by atoms with Crippen LogP contribution in [0.15, 0.2) is 12.3 Å². The molecule has 1 aromatic heterocycles. The number of halogens is 1. The molecule has 0 unspecified atom stereocenters. The molecule has 0 N–H and O–H groups in total. The SMILES string of the molecule is Cc1cnc2c(c1)CCC[CH-]2.[Br-].[Mg+2]. The summed E-state index contributed by atoms with van der Waals surface area (Å²) in [6, 6.07) is 2.25. The molecule has 0 amide bonds. The predicted molar refractivity (Wildman–Crippen MR) is 51.1 cm³/mol. The largest absolute Gasteiger partial charge is 2.00 e. The van der Waals surface area contributed by atoms with Crippen molar-refractivity contribution in [1.82, 2.24) is 4.98 Å². The van der Waals surface area contributed by atoms with Crippen molar-refractivity contribution in [3.63, 3.8) is 0 Å². The Hall–Kier alpha value is 0.266. The molecule has 0 saturated heterocycles. The van der Waals surface area contributed by atoms with E-state index in [0.29, 0.717) is 0 Å². The summed E-state index contributed by atoms with van der Waals surface area (Å²) in [6.45, 7) is 2.10. The van der Waals surface area contributed by atoms with Crippen molar-refractivity contribution in [1.29, 1.82) is 0 Å². The average Bonchev–Trinajstić information content (AvgIpc) is 2.04. The van der Waals surface area contributed by atoms with Crippen molar-refractivity contribution in [2.75, 3.05) is 0 Å². The molecule has 0 aromatic carbocycles. The number of hydrogen-bond acceptors (Lipinski definition) is 1. The Labute approximate surface area is 106 Å². The molecule has 1 heterocycles. The zero-order chi connectivity index (χ0) is 7.68. The Morgan fingerprint density at radius 2 is 2.23 bits per heavy atom. The molecule has 0 atom stereocenters. The van der Waals surface area contributed by atoms with Gasteiger partial charge in [-0.15, -0.1) is 12.5 Å². The maximum atomic E-state index is 4.36. The van der Waals surface area contributed by atoms with Crippen molar-refractivity contribution in [3.05, 3.63) is 35.5 Å². The molecule has 1 nitrogen and oxygen atoms in total. The Morgan fingerprint density at radius 1 is 1.46 bits per heavy atom. The van der Waals surface area contributed by atoms with Crippen molar-refractivity contribution in [2.24, 2.45) is 0 Å². The minimum absolute atomic E-state index is 0. The second-order valence-corrected chi connectivity index (χ2v) is 3.15. The van der Waals surface area contributed by atoms with Gasteiger partial charge in [-0.25, -0.2) is 6.42 Å². The van der Waals surface area contributed by atoms with Crippen LogP contribution >= 0.6 is 0 Å². The monoisotopic (exact) mass is 249 g/mol. The predicted octanol–water partition coefficient (Wildman–Crippen LogP) is -1.10. The zero-order valence-corrected chi connectivity index (χ0v) is 10.9. The van der Waals surface area contributed by atoms with Crippen LogP contribution < -0.4 is 17.0 Å². The van der Waals surface area contributed by atoms with E-state index in [-0.39, 0.29) is 40.0 Å². The third-order valence-electron chi connectivity index (χ3n) is 2.13. The van der Waals surface area contributed by atoms with Gasteiger partial charge < -0.3 is 17.0 Å². The first-order valence-corrected chi connectivity index (χ1v) is 4.15. The Balaban J connectivity index is 0.000000720. The number of hydrogen-bond donors (Lipinski definition) is 0. The van der Waals surface area contributed by atoms with Gasteiger partial charge in [-0.2, -0.15) is 5.56 Å². The fourth-order valence-corrected chi connectivity index (χ4v) is 1.56. The van der Waals surface area contributed by atoms with Gasteiger partial charge in [0.05, 0.1) is 0 Å². The number of fused-ring (bicyclic) bond motifs is 1. The second-order valence-electron chi connectivity index (χ2n) is 3.15. The van der Waals surface area contributed by atoms with Crippen LogP contribution in [0.2, 0.25) is 0 Å². The van der Waals surface area contributed by atoms with Crippen LogP contribution in [0.1, 0.15) is 29.7 Å². The fraction of sp³-hybridized carbons (Fsp3) is 0.400. The van der Waals surface area contributed by atoms with E-state index in [9.17, 15) is 0 Å². The normalized spacial score (nSPS) is 13.0. The number of pyridine rings is 1. The van der Waals surface area contributed by atoms with Gasteiger partial charge in [0.1, 0.15) is 0 Å². The van der Waals surface area contributed by atoms with Crippen LogP contribution in [0, 0.1) is 13.3 Å². The summed E-state index contributed by atoms with van der Waals surface area (Å²) in [7, 11) is 0. The van der Waals surface area contributed by atoms with E-state index < -0.39 is 0 Å². The Bertz CT molecular complexity index is 276. The first-order chi connectivity index (χ1) is 5.36. The maximum absolute atomic E-state index is 4.36. The molecule has 0 saturated carbocycles. The quantitative estimate of drug-likeness (QED) is 0.421. The number of aromatic nitrogens is 1. The summed E-state index contributed by atoms with van der Waals surface area (Å²) in [6.07, 6.45) is 7.88. The molecule has 1 aromatic rings. The van der Waals surface area contributed by atoms with E-state index in [4.69, 9.17) is 0 Å². The molecular formula is C10H12BrMgN. The van der Waals surface area contributed by atoms with E-state index in [0.717, 1.165) is 0 Å². The third-order valence-corrected chi connectivity index (χ3v) is 2.13. The molecule has 66 valence electrons. The van der Waals surface area contributed by atoms with Crippen LogP contribution in [0.5, 0.6) is 0 Å². The van der Waals surface area contributed by atoms with Gasteiger partial charge in [-0.05, 0) is 6.92 Å². The molecule has 2 rings (SSSR count). The molecule has 0 spiro atoms. The van der Waals surface area contributed by atoms with Crippen molar-refractivity contribution in [3.8, 4) is 0 Å². The van der Waals surface area contributed by atoms with E-state index >= 15 is 0 Å². The smallest absolute Gasteiger partial charge is 1.00 e. The van der Waals surface area contributed by atoms with Crippen molar-refractivity contribution >= 4 is 23.1 Å². The third kappa shape index (κ3) is 3.15. The van der Waals surface area contributed by atoms with Crippen LogP contribution in [-0.2, 0) is 6.42 Å². The summed E-state index contributed by atoms with van der Waals surface area (Å²) >= 11 is 0. The summed E-state index contributed by atoms with van der Waals surface area (Å²) in [4.78, 5) is 4.36. The van der Waals surface area contributed by atoms with Gasteiger partial charge in [0.15, 0.2) is 0 Å².